The third kappa shape index (κ3) is 1.52. The van der Waals surface area contributed by atoms with E-state index in [1.165, 1.54) is 38.6 Å². The van der Waals surface area contributed by atoms with Crippen LogP contribution in [0, 0.1) is 5.92 Å². The van der Waals surface area contributed by atoms with Crippen LogP contribution in [0.3, 0.4) is 0 Å². The third-order valence-electron chi connectivity index (χ3n) is 3.47. The minimum atomic E-state index is 0.884. The SMILES string of the molecule is CC(C)C[C@@H]1CC[C@@H]2CCCN21. The molecular weight excluding hydrogens is 146 g/mol. The number of hydrogen-bond donors (Lipinski definition) is 0. The normalized spacial score (nSPS) is 36.2. The molecule has 0 radical (unpaired) electrons. The van der Waals surface area contributed by atoms with Crippen LogP contribution in [0.15, 0.2) is 0 Å². The van der Waals surface area contributed by atoms with Crippen molar-refractivity contribution in [3.05, 3.63) is 0 Å². The lowest BCUT2D eigenvalue weighted by atomic mass is 10.0. The van der Waals surface area contributed by atoms with Gasteiger partial charge in [0.25, 0.3) is 0 Å². The van der Waals surface area contributed by atoms with E-state index < -0.39 is 0 Å². The van der Waals surface area contributed by atoms with E-state index in [0.29, 0.717) is 0 Å². The highest BCUT2D eigenvalue weighted by Gasteiger charge is 2.36. The van der Waals surface area contributed by atoms with Crippen LogP contribution >= 0.6 is 0 Å². The highest BCUT2D eigenvalue weighted by atomic mass is 15.2. The topological polar surface area (TPSA) is 3.24 Å². The Morgan fingerprint density at radius 1 is 1.25 bits per heavy atom. The predicted molar refractivity (Wildman–Crippen MR) is 52.2 cm³/mol. The molecule has 2 heterocycles. The summed E-state index contributed by atoms with van der Waals surface area (Å²) < 4.78 is 0. The smallest absolute Gasteiger partial charge is 0.0101 e. The number of hydrogen-bond acceptors (Lipinski definition) is 1. The molecule has 0 N–H and O–H groups in total. The van der Waals surface area contributed by atoms with Crippen molar-refractivity contribution in [2.24, 2.45) is 5.92 Å². The summed E-state index contributed by atoms with van der Waals surface area (Å²) in [6.45, 7) is 6.09. The van der Waals surface area contributed by atoms with E-state index in [0.717, 1.165) is 18.0 Å². The average molecular weight is 167 g/mol. The summed E-state index contributed by atoms with van der Waals surface area (Å²) in [5.41, 5.74) is 0. The van der Waals surface area contributed by atoms with Gasteiger partial charge in [0, 0.05) is 12.1 Å². The molecule has 0 aliphatic carbocycles. The van der Waals surface area contributed by atoms with E-state index in [4.69, 9.17) is 0 Å². The predicted octanol–water partition coefficient (Wildman–Crippen LogP) is 2.66. The molecule has 0 unspecified atom stereocenters. The molecular formula is C11H21N. The summed E-state index contributed by atoms with van der Waals surface area (Å²) in [6.07, 6.45) is 7.32. The minimum Gasteiger partial charge on any atom is -0.297 e. The minimum absolute atomic E-state index is 0.884. The molecule has 2 fully saturated rings. The second kappa shape index (κ2) is 3.37. The molecule has 1 heteroatoms. The van der Waals surface area contributed by atoms with E-state index in [1.54, 1.807) is 0 Å². The fourth-order valence-corrected chi connectivity index (χ4v) is 3.00. The van der Waals surface area contributed by atoms with Gasteiger partial charge in [-0.15, -0.1) is 0 Å². The largest absolute Gasteiger partial charge is 0.297 e. The molecule has 70 valence electrons. The second-order valence-electron chi connectivity index (χ2n) is 4.89. The first-order valence-corrected chi connectivity index (χ1v) is 5.53. The quantitative estimate of drug-likeness (QED) is 0.611. The van der Waals surface area contributed by atoms with Crippen LogP contribution in [-0.4, -0.2) is 23.5 Å². The first-order valence-electron chi connectivity index (χ1n) is 5.53. The van der Waals surface area contributed by atoms with Gasteiger partial charge in [-0.1, -0.05) is 13.8 Å². The van der Waals surface area contributed by atoms with Gasteiger partial charge >= 0.3 is 0 Å². The van der Waals surface area contributed by atoms with E-state index in [-0.39, 0.29) is 0 Å². The molecule has 1 nitrogen and oxygen atoms in total. The maximum absolute atomic E-state index is 2.78. The fraction of sp³-hybridized carbons (Fsp3) is 1.00. The van der Waals surface area contributed by atoms with Crippen LogP contribution < -0.4 is 0 Å². The molecule has 0 aromatic heterocycles. The lowest BCUT2D eigenvalue weighted by Gasteiger charge is -2.24. The van der Waals surface area contributed by atoms with Crippen molar-refractivity contribution in [1.29, 1.82) is 0 Å². The Hall–Kier alpha value is -0.0400. The molecule has 0 amide bonds. The van der Waals surface area contributed by atoms with Gasteiger partial charge in [-0.05, 0) is 44.6 Å². The van der Waals surface area contributed by atoms with Gasteiger partial charge in [-0.25, -0.2) is 0 Å². The van der Waals surface area contributed by atoms with E-state index in [1.807, 2.05) is 0 Å². The number of fused-ring (bicyclic) bond motifs is 1. The Morgan fingerprint density at radius 2 is 2.08 bits per heavy atom. The molecule has 0 spiro atoms. The van der Waals surface area contributed by atoms with Crippen molar-refractivity contribution in [3.8, 4) is 0 Å². The first kappa shape index (κ1) is 8.55. The van der Waals surface area contributed by atoms with E-state index >= 15 is 0 Å². The van der Waals surface area contributed by atoms with E-state index in [2.05, 4.69) is 18.7 Å². The molecule has 0 aromatic carbocycles. The van der Waals surface area contributed by atoms with Gasteiger partial charge in [0.2, 0.25) is 0 Å². The lowest BCUT2D eigenvalue weighted by Crippen LogP contribution is -2.32. The molecule has 0 saturated carbocycles. The Labute approximate surface area is 76.1 Å². The highest BCUT2D eigenvalue weighted by molar-refractivity contribution is 4.91. The van der Waals surface area contributed by atoms with Crippen LogP contribution in [0.5, 0.6) is 0 Å². The van der Waals surface area contributed by atoms with Crippen molar-refractivity contribution in [1.82, 2.24) is 4.90 Å². The van der Waals surface area contributed by atoms with Crippen molar-refractivity contribution in [3.63, 3.8) is 0 Å². The van der Waals surface area contributed by atoms with Gasteiger partial charge < -0.3 is 0 Å². The molecule has 2 saturated heterocycles. The fourth-order valence-electron chi connectivity index (χ4n) is 3.00. The van der Waals surface area contributed by atoms with Gasteiger partial charge in [0.05, 0.1) is 0 Å². The summed E-state index contributed by atoms with van der Waals surface area (Å²) in [6, 6.07) is 1.92. The first-order chi connectivity index (χ1) is 5.77. The lowest BCUT2D eigenvalue weighted by molar-refractivity contribution is 0.219. The molecule has 2 aliphatic heterocycles. The van der Waals surface area contributed by atoms with Gasteiger partial charge in [-0.3, -0.25) is 4.90 Å². The van der Waals surface area contributed by atoms with Crippen molar-refractivity contribution in [2.75, 3.05) is 6.54 Å². The van der Waals surface area contributed by atoms with Crippen LogP contribution in [0.25, 0.3) is 0 Å². The number of rotatable bonds is 2. The van der Waals surface area contributed by atoms with Gasteiger partial charge in [-0.2, -0.15) is 0 Å². The highest BCUT2D eigenvalue weighted by Crippen LogP contribution is 2.34. The molecule has 2 aliphatic rings. The Morgan fingerprint density at radius 3 is 2.83 bits per heavy atom. The molecule has 2 rings (SSSR count). The monoisotopic (exact) mass is 167 g/mol. The van der Waals surface area contributed by atoms with Crippen molar-refractivity contribution in [2.45, 2.75) is 58.0 Å². The maximum atomic E-state index is 2.78. The summed E-state index contributed by atoms with van der Waals surface area (Å²) in [7, 11) is 0. The van der Waals surface area contributed by atoms with Crippen LogP contribution in [-0.2, 0) is 0 Å². The maximum Gasteiger partial charge on any atom is 0.0101 e. The van der Waals surface area contributed by atoms with Crippen molar-refractivity contribution < 1.29 is 0 Å². The summed E-state index contributed by atoms with van der Waals surface area (Å²) in [4.78, 5) is 2.78. The molecule has 12 heavy (non-hydrogen) atoms. The van der Waals surface area contributed by atoms with E-state index in [9.17, 15) is 0 Å². The summed E-state index contributed by atoms with van der Waals surface area (Å²) >= 11 is 0. The van der Waals surface area contributed by atoms with Crippen LogP contribution in [0.4, 0.5) is 0 Å². The zero-order chi connectivity index (χ0) is 8.55. The van der Waals surface area contributed by atoms with Crippen molar-refractivity contribution >= 4 is 0 Å². The second-order valence-corrected chi connectivity index (χ2v) is 4.89. The zero-order valence-corrected chi connectivity index (χ0v) is 8.42. The average Bonchev–Trinajstić information content (AvgIpc) is 2.52. The summed E-state index contributed by atoms with van der Waals surface area (Å²) in [5, 5.41) is 0. The summed E-state index contributed by atoms with van der Waals surface area (Å²) in [5.74, 6) is 0.884. The molecule has 2 atom stereocenters. The number of nitrogens with zero attached hydrogens (tertiary/aromatic N) is 1. The van der Waals surface area contributed by atoms with Gasteiger partial charge in [0.15, 0.2) is 0 Å². The van der Waals surface area contributed by atoms with Gasteiger partial charge in [0.1, 0.15) is 0 Å². The molecule has 0 bridgehead atoms. The third-order valence-corrected chi connectivity index (χ3v) is 3.47. The van der Waals surface area contributed by atoms with Crippen LogP contribution in [0.1, 0.15) is 46.0 Å². The Kier molecular flexibility index (Phi) is 2.40. The standard InChI is InChI=1S/C11H21N/c1-9(2)8-11-6-5-10-4-3-7-12(10)11/h9-11H,3-8H2,1-2H3/t10-,11-/m0/s1. The molecule has 0 aromatic rings. The zero-order valence-electron chi connectivity index (χ0n) is 8.42. The Balaban J connectivity index is 1.91. The van der Waals surface area contributed by atoms with Crippen LogP contribution in [0.2, 0.25) is 0 Å². The Bertz CT molecular complexity index is 153.